The second-order valence-corrected chi connectivity index (χ2v) is 6.44. The summed E-state index contributed by atoms with van der Waals surface area (Å²) in [6, 6.07) is 28.4. The van der Waals surface area contributed by atoms with Crippen molar-refractivity contribution in [2.24, 2.45) is 0 Å². The van der Waals surface area contributed by atoms with E-state index in [4.69, 9.17) is 0 Å². The SMILES string of the molecule is Cc1ccccc1N1CC(C)N(c2ccccc2)c2ccccc21. The number of anilines is 4. The number of benzene rings is 3. The van der Waals surface area contributed by atoms with Crippen LogP contribution in [0.25, 0.3) is 0 Å². The van der Waals surface area contributed by atoms with E-state index in [0.717, 1.165) is 6.54 Å². The maximum Gasteiger partial charge on any atom is 0.0655 e. The van der Waals surface area contributed by atoms with E-state index < -0.39 is 0 Å². The molecule has 1 aliphatic heterocycles. The molecule has 1 aliphatic rings. The van der Waals surface area contributed by atoms with Crippen molar-refractivity contribution >= 4 is 22.7 Å². The van der Waals surface area contributed by atoms with Gasteiger partial charge in [0.05, 0.1) is 11.4 Å². The van der Waals surface area contributed by atoms with Crippen LogP contribution in [-0.4, -0.2) is 12.6 Å². The molecule has 2 nitrogen and oxygen atoms in total. The highest BCUT2D eigenvalue weighted by atomic mass is 15.3. The first-order valence-electron chi connectivity index (χ1n) is 8.52. The Hall–Kier alpha value is -2.74. The van der Waals surface area contributed by atoms with Gasteiger partial charge >= 0.3 is 0 Å². The fourth-order valence-corrected chi connectivity index (χ4v) is 3.65. The molecule has 3 aromatic rings. The van der Waals surface area contributed by atoms with E-state index in [0.29, 0.717) is 6.04 Å². The van der Waals surface area contributed by atoms with Crippen molar-refractivity contribution in [3.05, 3.63) is 84.4 Å². The minimum absolute atomic E-state index is 0.391. The van der Waals surface area contributed by atoms with Crippen LogP contribution in [0.3, 0.4) is 0 Å². The zero-order valence-electron chi connectivity index (χ0n) is 14.2. The van der Waals surface area contributed by atoms with Crippen molar-refractivity contribution in [1.29, 1.82) is 0 Å². The lowest BCUT2D eigenvalue weighted by molar-refractivity contribution is 0.684. The molecular formula is C22H22N2. The minimum Gasteiger partial charge on any atom is -0.337 e. The third-order valence-electron chi connectivity index (χ3n) is 4.76. The van der Waals surface area contributed by atoms with Gasteiger partial charge in [-0.1, -0.05) is 48.5 Å². The highest BCUT2D eigenvalue weighted by Gasteiger charge is 2.29. The number of rotatable bonds is 2. The lowest BCUT2D eigenvalue weighted by Gasteiger charge is -2.43. The molecule has 1 unspecified atom stereocenters. The van der Waals surface area contributed by atoms with Crippen LogP contribution in [0.1, 0.15) is 12.5 Å². The third kappa shape index (κ3) is 2.44. The number of para-hydroxylation sites is 4. The van der Waals surface area contributed by atoms with Gasteiger partial charge in [-0.05, 0) is 49.7 Å². The number of hydrogen-bond donors (Lipinski definition) is 0. The molecular weight excluding hydrogens is 292 g/mol. The number of fused-ring (bicyclic) bond motifs is 1. The van der Waals surface area contributed by atoms with Gasteiger partial charge in [0.15, 0.2) is 0 Å². The molecule has 3 aromatic carbocycles. The molecule has 0 N–H and O–H groups in total. The molecule has 0 saturated heterocycles. The highest BCUT2D eigenvalue weighted by molar-refractivity contribution is 5.84. The van der Waals surface area contributed by atoms with Crippen molar-refractivity contribution in [1.82, 2.24) is 0 Å². The first kappa shape index (κ1) is 14.8. The van der Waals surface area contributed by atoms with Crippen LogP contribution >= 0.6 is 0 Å². The molecule has 0 spiro atoms. The standard InChI is InChI=1S/C22H22N2/c1-17-10-6-7-13-20(17)23-16-18(2)24(19-11-4-3-5-12-19)22-15-9-8-14-21(22)23/h3-15,18H,16H2,1-2H3. The molecule has 120 valence electrons. The number of aryl methyl sites for hydroxylation is 1. The Morgan fingerprint density at radius 3 is 2.00 bits per heavy atom. The van der Waals surface area contributed by atoms with Crippen molar-refractivity contribution in [2.45, 2.75) is 19.9 Å². The average Bonchev–Trinajstić information content (AvgIpc) is 2.62. The number of hydrogen-bond acceptors (Lipinski definition) is 2. The van der Waals surface area contributed by atoms with Crippen LogP contribution in [-0.2, 0) is 0 Å². The highest BCUT2D eigenvalue weighted by Crippen LogP contribution is 2.43. The maximum atomic E-state index is 2.45. The summed E-state index contributed by atoms with van der Waals surface area (Å²) in [5.74, 6) is 0. The quantitative estimate of drug-likeness (QED) is 0.601. The number of nitrogens with zero attached hydrogens (tertiary/aromatic N) is 2. The summed E-state index contributed by atoms with van der Waals surface area (Å²) in [6.45, 7) is 5.46. The topological polar surface area (TPSA) is 6.48 Å². The molecule has 0 amide bonds. The third-order valence-corrected chi connectivity index (χ3v) is 4.76. The van der Waals surface area contributed by atoms with Gasteiger partial charge in [-0.15, -0.1) is 0 Å². The fourth-order valence-electron chi connectivity index (χ4n) is 3.65. The molecule has 0 radical (unpaired) electrons. The Labute approximate surface area is 144 Å². The van der Waals surface area contributed by atoms with Crippen LogP contribution < -0.4 is 9.80 Å². The van der Waals surface area contributed by atoms with Gasteiger partial charge in [0.2, 0.25) is 0 Å². The van der Waals surface area contributed by atoms with Gasteiger partial charge in [-0.25, -0.2) is 0 Å². The maximum absolute atomic E-state index is 2.45. The predicted octanol–water partition coefficient (Wildman–Crippen LogP) is 5.67. The normalized spacial score (nSPS) is 16.8. The lowest BCUT2D eigenvalue weighted by atomic mass is 10.0. The van der Waals surface area contributed by atoms with Crippen molar-refractivity contribution in [3.63, 3.8) is 0 Å². The Kier molecular flexibility index (Phi) is 3.73. The predicted molar refractivity (Wildman–Crippen MR) is 103 cm³/mol. The molecule has 1 heterocycles. The molecule has 0 saturated carbocycles. The molecule has 4 rings (SSSR count). The second kappa shape index (κ2) is 6.04. The van der Waals surface area contributed by atoms with E-state index >= 15 is 0 Å². The van der Waals surface area contributed by atoms with E-state index in [-0.39, 0.29) is 0 Å². The summed E-state index contributed by atoms with van der Waals surface area (Å²) in [4.78, 5) is 4.90. The van der Waals surface area contributed by atoms with Gasteiger partial charge in [0.1, 0.15) is 0 Å². The van der Waals surface area contributed by atoms with Gasteiger partial charge in [0.25, 0.3) is 0 Å². The lowest BCUT2D eigenvalue weighted by Crippen LogP contribution is -2.43. The van der Waals surface area contributed by atoms with E-state index in [1.165, 1.54) is 28.3 Å². The van der Waals surface area contributed by atoms with Gasteiger partial charge < -0.3 is 9.80 Å². The van der Waals surface area contributed by atoms with Crippen molar-refractivity contribution < 1.29 is 0 Å². The second-order valence-electron chi connectivity index (χ2n) is 6.44. The van der Waals surface area contributed by atoms with Crippen LogP contribution in [0.4, 0.5) is 22.7 Å². The summed E-state index contributed by atoms with van der Waals surface area (Å²) < 4.78 is 0. The Balaban J connectivity index is 1.85. The Morgan fingerprint density at radius 2 is 1.29 bits per heavy atom. The van der Waals surface area contributed by atoms with Crippen LogP contribution in [0.5, 0.6) is 0 Å². The van der Waals surface area contributed by atoms with E-state index in [2.05, 4.69) is 103 Å². The summed E-state index contributed by atoms with van der Waals surface area (Å²) in [7, 11) is 0. The zero-order valence-corrected chi connectivity index (χ0v) is 14.2. The van der Waals surface area contributed by atoms with E-state index in [1.54, 1.807) is 0 Å². The molecule has 1 atom stereocenters. The molecule has 0 fully saturated rings. The summed E-state index contributed by atoms with van der Waals surface area (Å²) in [5, 5.41) is 0. The van der Waals surface area contributed by atoms with Crippen LogP contribution in [0.15, 0.2) is 78.9 Å². The minimum atomic E-state index is 0.391. The molecule has 0 aliphatic carbocycles. The Morgan fingerprint density at radius 1 is 0.708 bits per heavy atom. The van der Waals surface area contributed by atoms with Gasteiger partial charge in [0, 0.05) is 24.0 Å². The van der Waals surface area contributed by atoms with E-state index in [1.807, 2.05) is 0 Å². The summed E-state index contributed by atoms with van der Waals surface area (Å²) >= 11 is 0. The van der Waals surface area contributed by atoms with Gasteiger partial charge in [-0.3, -0.25) is 0 Å². The first-order chi connectivity index (χ1) is 11.8. The average molecular weight is 314 g/mol. The molecule has 0 aromatic heterocycles. The summed E-state index contributed by atoms with van der Waals surface area (Å²) in [6.07, 6.45) is 0. The smallest absolute Gasteiger partial charge is 0.0655 e. The van der Waals surface area contributed by atoms with Gasteiger partial charge in [-0.2, -0.15) is 0 Å². The van der Waals surface area contributed by atoms with Crippen molar-refractivity contribution in [2.75, 3.05) is 16.3 Å². The largest absolute Gasteiger partial charge is 0.337 e. The molecule has 2 heteroatoms. The van der Waals surface area contributed by atoms with E-state index in [9.17, 15) is 0 Å². The first-order valence-corrected chi connectivity index (χ1v) is 8.52. The zero-order chi connectivity index (χ0) is 16.5. The molecule has 24 heavy (non-hydrogen) atoms. The van der Waals surface area contributed by atoms with Crippen LogP contribution in [0.2, 0.25) is 0 Å². The van der Waals surface area contributed by atoms with Crippen LogP contribution in [0, 0.1) is 6.92 Å². The Bertz CT molecular complexity index is 841. The molecule has 0 bridgehead atoms. The van der Waals surface area contributed by atoms with Crippen molar-refractivity contribution in [3.8, 4) is 0 Å². The monoisotopic (exact) mass is 314 g/mol. The fraction of sp³-hybridized carbons (Fsp3) is 0.182. The summed E-state index contributed by atoms with van der Waals surface area (Å²) in [5.41, 5.74) is 6.40.